The summed E-state index contributed by atoms with van der Waals surface area (Å²) in [5, 5.41) is 4.18. The molecule has 0 radical (unpaired) electrons. The number of aromatic nitrogens is 2. The molecular formula is C10H16BrN3O. The largest absolute Gasteiger partial charge is 0.481 e. The van der Waals surface area contributed by atoms with Gasteiger partial charge in [-0.3, -0.25) is 0 Å². The van der Waals surface area contributed by atoms with Gasteiger partial charge in [-0.25, -0.2) is 4.98 Å². The Balaban J connectivity index is 2.63. The summed E-state index contributed by atoms with van der Waals surface area (Å²) in [7, 11) is 1.59. The van der Waals surface area contributed by atoms with E-state index in [4.69, 9.17) is 4.74 Å². The third-order valence-electron chi connectivity index (χ3n) is 2.29. The van der Waals surface area contributed by atoms with Crippen LogP contribution in [0.3, 0.4) is 0 Å². The lowest BCUT2D eigenvalue weighted by atomic mass is 10.1. The average Bonchev–Trinajstić information content (AvgIpc) is 2.28. The Kier molecular flexibility index (Phi) is 4.81. The van der Waals surface area contributed by atoms with Crippen molar-refractivity contribution in [3.63, 3.8) is 0 Å². The van der Waals surface area contributed by atoms with E-state index in [1.165, 1.54) is 0 Å². The third-order valence-corrected chi connectivity index (χ3v) is 3.31. The SMILES string of the molecule is COc1ccnc(NC(C)C(C)CBr)n1. The van der Waals surface area contributed by atoms with Crippen molar-refractivity contribution in [3.8, 4) is 5.88 Å². The molecule has 0 saturated carbocycles. The molecule has 0 aromatic carbocycles. The first-order valence-corrected chi connectivity index (χ1v) is 5.99. The number of hydrogen-bond donors (Lipinski definition) is 1. The Morgan fingerprint density at radius 1 is 1.53 bits per heavy atom. The number of alkyl halides is 1. The van der Waals surface area contributed by atoms with E-state index in [2.05, 4.69) is 45.1 Å². The monoisotopic (exact) mass is 273 g/mol. The van der Waals surface area contributed by atoms with E-state index in [0.717, 1.165) is 5.33 Å². The van der Waals surface area contributed by atoms with Crippen LogP contribution in [0.15, 0.2) is 12.3 Å². The molecule has 1 rings (SSSR count). The molecule has 5 heteroatoms. The first kappa shape index (κ1) is 12.2. The molecule has 4 nitrogen and oxygen atoms in total. The zero-order chi connectivity index (χ0) is 11.3. The van der Waals surface area contributed by atoms with Crippen molar-refractivity contribution in [1.82, 2.24) is 9.97 Å². The second-order valence-corrected chi connectivity index (χ2v) is 4.13. The van der Waals surface area contributed by atoms with Gasteiger partial charge < -0.3 is 10.1 Å². The number of anilines is 1. The van der Waals surface area contributed by atoms with Gasteiger partial charge in [-0.2, -0.15) is 4.98 Å². The molecule has 84 valence electrons. The third kappa shape index (κ3) is 3.66. The van der Waals surface area contributed by atoms with Crippen molar-refractivity contribution in [2.75, 3.05) is 17.8 Å². The van der Waals surface area contributed by atoms with Gasteiger partial charge in [0.05, 0.1) is 7.11 Å². The zero-order valence-corrected chi connectivity index (χ0v) is 10.8. The molecule has 1 N–H and O–H groups in total. The standard InChI is InChI=1S/C10H16BrN3O/c1-7(6-11)8(2)13-10-12-5-4-9(14-10)15-3/h4-5,7-8H,6H2,1-3H3,(H,12,13,14). The smallest absolute Gasteiger partial charge is 0.226 e. The Hall–Kier alpha value is -0.840. The lowest BCUT2D eigenvalue weighted by Crippen LogP contribution is -2.25. The number of hydrogen-bond acceptors (Lipinski definition) is 4. The van der Waals surface area contributed by atoms with Gasteiger partial charge >= 0.3 is 0 Å². The molecule has 0 bridgehead atoms. The predicted molar refractivity (Wildman–Crippen MR) is 64.6 cm³/mol. The molecule has 0 aliphatic carbocycles. The number of nitrogens with zero attached hydrogens (tertiary/aromatic N) is 2. The van der Waals surface area contributed by atoms with E-state index in [1.807, 2.05) is 0 Å². The van der Waals surface area contributed by atoms with Crippen molar-refractivity contribution in [2.24, 2.45) is 5.92 Å². The molecule has 1 heterocycles. The van der Waals surface area contributed by atoms with E-state index in [9.17, 15) is 0 Å². The molecule has 15 heavy (non-hydrogen) atoms. The maximum atomic E-state index is 5.02. The highest BCUT2D eigenvalue weighted by atomic mass is 79.9. The minimum Gasteiger partial charge on any atom is -0.481 e. The molecule has 2 atom stereocenters. The summed E-state index contributed by atoms with van der Waals surface area (Å²) < 4.78 is 5.02. The van der Waals surface area contributed by atoms with Gasteiger partial charge in [-0.1, -0.05) is 22.9 Å². The van der Waals surface area contributed by atoms with E-state index < -0.39 is 0 Å². The number of rotatable bonds is 5. The van der Waals surface area contributed by atoms with Crippen molar-refractivity contribution in [1.29, 1.82) is 0 Å². The summed E-state index contributed by atoms with van der Waals surface area (Å²) in [6, 6.07) is 2.04. The Bertz CT molecular complexity index is 308. The number of methoxy groups -OCH3 is 1. The maximum Gasteiger partial charge on any atom is 0.226 e. The van der Waals surface area contributed by atoms with E-state index in [1.54, 1.807) is 19.4 Å². The highest BCUT2D eigenvalue weighted by Crippen LogP contribution is 2.12. The minimum atomic E-state index is 0.316. The van der Waals surface area contributed by atoms with Crippen molar-refractivity contribution in [3.05, 3.63) is 12.3 Å². The number of nitrogens with one attached hydrogen (secondary N) is 1. The van der Waals surface area contributed by atoms with Crippen LogP contribution in [0.25, 0.3) is 0 Å². The lowest BCUT2D eigenvalue weighted by Gasteiger charge is -2.19. The zero-order valence-electron chi connectivity index (χ0n) is 9.20. The highest BCUT2D eigenvalue weighted by Gasteiger charge is 2.11. The normalized spacial score (nSPS) is 14.4. The first-order valence-electron chi connectivity index (χ1n) is 4.87. The fourth-order valence-electron chi connectivity index (χ4n) is 1.00. The summed E-state index contributed by atoms with van der Waals surface area (Å²) >= 11 is 3.45. The quantitative estimate of drug-likeness (QED) is 0.837. The predicted octanol–water partition coefficient (Wildman–Crippen LogP) is 2.32. The van der Waals surface area contributed by atoms with Crippen molar-refractivity contribution < 1.29 is 4.74 Å². The Labute approximate surface area is 98.6 Å². The van der Waals surface area contributed by atoms with Crippen LogP contribution < -0.4 is 10.1 Å². The van der Waals surface area contributed by atoms with Gasteiger partial charge in [0.1, 0.15) is 0 Å². The van der Waals surface area contributed by atoms with Gasteiger partial charge in [0, 0.05) is 23.6 Å². The number of halogens is 1. The van der Waals surface area contributed by atoms with E-state index in [0.29, 0.717) is 23.8 Å². The van der Waals surface area contributed by atoms with Crippen LogP contribution in [0.1, 0.15) is 13.8 Å². The molecule has 0 amide bonds. The first-order chi connectivity index (χ1) is 7.17. The van der Waals surface area contributed by atoms with Crippen molar-refractivity contribution in [2.45, 2.75) is 19.9 Å². The number of ether oxygens (including phenoxy) is 1. The summed E-state index contributed by atoms with van der Waals surface area (Å²) in [4.78, 5) is 8.31. The van der Waals surface area contributed by atoms with Gasteiger partial charge in [0.2, 0.25) is 11.8 Å². The summed E-state index contributed by atoms with van der Waals surface area (Å²) in [5.41, 5.74) is 0. The highest BCUT2D eigenvalue weighted by molar-refractivity contribution is 9.09. The molecule has 0 aliphatic rings. The van der Waals surface area contributed by atoms with Gasteiger partial charge in [-0.15, -0.1) is 0 Å². The van der Waals surface area contributed by atoms with Crippen LogP contribution in [0.2, 0.25) is 0 Å². The van der Waals surface area contributed by atoms with Gasteiger partial charge in [0.25, 0.3) is 0 Å². The molecule has 0 spiro atoms. The summed E-state index contributed by atoms with van der Waals surface area (Å²) in [6.07, 6.45) is 1.68. The minimum absolute atomic E-state index is 0.316. The lowest BCUT2D eigenvalue weighted by molar-refractivity contribution is 0.397. The fourth-order valence-corrected chi connectivity index (χ4v) is 1.57. The van der Waals surface area contributed by atoms with Crippen LogP contribution in [0.4, 0.5) is 5.95 Å². The molecule has 1 aromatic rings. The Morgan fingerprint density at radius 3 is 2.87 bits per heavy atom. The topological polar surface area (TPSA) is 47.0 Å². The molecule has 0 aliphatic heterocycles. The Morgan fingerprint density at radius 2 is 2.27 bits per heavy atom. The molecular weight excluding hydrogens is 258 g/mol. The average molecular weight is 274 g/mol. The maximum absolute atomic E-state index is 5.02. The van der Waals surface area contributed by atoms with E-state index >= 15 is 0 Å². The van der Waals surface area contributed by atoms with E-state index in [-0.39, 0.29) is 0 Å². The van der Waals surface area contributed by atoms with Crippen LogP contribution in [-0.2, 0) is 0 Å². The second-order valence-electron chi connectivity index (χ2n) is 3.49. The fraction of sp³-hybridized carbons (Fsp3) is 0.600. The molecule has 2 unspecified atom stereocenters. The van der Waals surface area contributed by atoms with Gasteiger partial charge in [-0.05, 0) is 12.8 Å². The molecule has 1 aromatic heterocycles. The van der Waals surface area contributed by atoms with Crippen molar-refractivity contribution >= 4 is 21.9 Å². The molecule has 0 fully saturated rings. The van der Waals surface area contributed by atoms with Crippen LogP contribution in [0.5, 0.6) is 5.88 Å². The van der Waals surface area contributed by atoms with Crippen LogP contribution in [0, 0.1) is 5.92 Å². The van der Waals surface area contributed by atoms with Crippen LogP contribution in [-0.4, -0.2) is 28.4 Å². The summed E-state index contributed by atoms with van der Waals surface area (Å²) in [6.45, 7) is 4.27. The summed E-state index contributed by atoms with van der Waals surface area (Å²) in [5.74, 6) is 1.70. The molecule has 0 saturated heterocycles. The van der Waals surface area contributed by atoms with Crippen LogP contribution >= 0.6 is 15.9 Å². The van der Waals surface area contributed by atoms with Gasteiger partial charge in [0.15, 0.2) is 0 Å². The second kappa shape index (κ2) is 5.90.